The summed E-state index contributed by atoms with van der Waals surface area (Å²) in [6.45, 7) is 1.76. The number of carbonyl (C=O) groups excluding carboxylic acids is 2. The van der Waals surface area contributed by atoms with Crippen molar-refractivity contribution in [2.75, 3.05) is 11.1 Å². The van der Waals surface area contributed by atoms with Crippen molar-refractivity contribution in [3.63, 3.8) is 0 Å². The molecule has 1 heterocycles. The van der Waals surface area contributed by atoms with Crippen molar-refractivity contribution in [3.8, 4) is 0 Å². The van der Waals surface area contributed by atoms with E-state index in [2.05, 4.69) is 5.32 Å². The third-order valence-electron chi connectivity index (χ3n) is 2.34. The molecule has 0 atom stereocenters. The third-order valence-corrected chi connectivity index (χ3v) is 3.27. The van der Waals surface area contributed by atoms with Gasteiger partial charge in [-0.3, -0.25) is 9.59 Å². The molecule has 0 amide bonds. The second kappa shape index (κ2) is 5.66. The predicted octanol–water partition coefficient (Wildman–Crippen LogP) is 2.23. The summed E-state index contributed by atoms with van der Waals surface area (Å²) in [6.07, 6.45) is -0.481. The van der Waals surface area contributed by atoms with E-state index in [4.69, 9.17) is 9.47 Å². The molecule has 108 valence electrons. The van der Waals surface area contributed by atoms with Gasteiger partial charge in [-0.2, -0.15) is 0 Å². The summed E-state index contributed by atoms with van der Waals surface area (Å²) in [5, 5.41) is 0.836. The molecule has 20 heavy (non-hydrogen) atoms. The Balaban J connectivity index is 2.26. The van der Waals surface area contributed by atoms with Crippen molar-refractivity contribution in [3.05, 3.63) is 29.8 Å². The number of anilines is 1. The molecule has 1 fully saturated rings. The van der Waals surface area contributed by atoms with Gasteiger partial charge >= 0.3 is 17.2 Å². The van der Waals surface area contributed by atoms with Gasteiger partial charge in [0.15, 0.2) is 11.6 Å². The normalized spacial score (nSPS) is 17.4. The van der Waals surface area contributed by atoms with Crippen LogP contribution in [0.1, 0.15) is 13.3 Å². The van der Waals surface area contributed by atoms with Crippen molar-refractivity contribution in [2.24, 2.45) is 0 Å². The summed E-state index contributed by atoms with van der Waals surface area (Å²) in [6, 6.07) is 3.03. The molecule has 1 aromatic rings. The molecule has 1 saturated heterocycles. The molecule has 0 spiro atoms. The minimum absolute atomic E-state index is 0.118. The molecule has 0 radical (unpaired) electrons. The van der Waals surface area contributed by atoms with Gasteiger partial charge in [-0.05, 0) is 29.6 Å². The maximum atomic E-state index is 13.2. The third kappa shape index (κ3) is 3.19. The van der Waals surface area contributed by atoms with Crippen LogP contribution in [-0.2, 0) is 19.1 Å². The number of ether oxygens (including phenoxy) is 2. The molecule has 8 heteroatoms. The largest absolute Gasteiger partial charge is 0.394 e. The lowest BCUT2D eigenvalue weighted by Gasteiger charge is -2.35. The number of nitrogens with one attached hydrogen (secondary N) is 1. The van der Waals surface area contributed by atoms with Crippen molar-refractivity contribution in [1.29, 1.82) is 0 Å². The van der Waals surface area contributed by atoms with Crippen molar-refractivity contribution >= 4 is 29.4 Å². The van der Waals surface area contributed by atoms with Gasteiger partial charge < -0.3 is 14.8 Å². The van der Waals surface area contributed by atoms with E-state index in [1.54, 1.807) is 6.92 Å². The molecule has 0 bridgehead atoms. The first kappa shape index (κ1) is 14.6. The first-order valence-corrected chi connectivity index (χ1v) is 6.73. The molecule has 5 nitrogen and oxygen atoms in total. The van der Waals surface area contributed by atoms with Crippen molar-refractivity contribution in [1.82, 2.24) is 0 Å². The highest BCUT2D eigenvalue weighted by atomic mass is 32.2. The van der Waals surface area contributed by atoms with Gasteiger partial charge in [0.05, 0.1) is 0 Å². The first-order valence-electron chi connectivity index (χ1n) is 5.75. The summed E-state index contributed by atoms with van der Waals surface area (Å²) < 4.78 is 36.1. The second-order valence-corrected chi connectivity index (χ2v) is 5.27. The molecule has 1 aromatic carbocycles. The van der Waals surface area contributed by atoms with Gasteiger partial charge in [0.25, 0.3) is 0 Å². The van der Waals surface area contributed by atoms with Crippen LogP contribution in [-0.4, -0.2) is 22.9 Å². The minimum Gasteiger partial charge on any atom is -0.394 e. The van der Waals surface area contributed by atoms with Crippen LogP contribution in [0.3, 0.4) is 0 Å². The van der Waals surface area contributed by atoms with Gasteiger partial charge in [-0.25, -0.2) is 8.78 Å². The van der Waals surface area contributed by atoms with Crippen LogP contribution in [0, 0.1) is 11.6 Å². The molecule has 1 N–H and O–H groups in total. The number of thioether (sulfide) groups is 1. The quantitative estimate of drug-likeness (QED) is 0.523. The van der Waals surface area contributed by atoms with E-state index in [9.17, 15) is 18.4 Å². The van der Waals surface area contributed by atoms with E-state index in [1.165, 1.54) is 6.07 Å². The summed E-state index contributed by atoms with van der Waals surface area (Å²) >= 11 is 0.999. The SMILES string of the molecule is CCSC1(Nc2ccc(F)c(F)c2)OC(=O)CC(=O)O1. The zero-order valence-corrected chi connectivity index (χ0v) is 11.3. The van der Waals surface area contributed by atoms with E-state index in [0.29, 0.717) is 5.75 Å². The highest BCUT2D eigenvalue weighted by Gasteiger charge is 2.44. The highest BCUT2D eigenvalue weighted by molar-refractivity contribution is 8.00. The fourth-order valence-corrected chi connectivity index (χ4v) is 2.47. The molecule has 2 rings (SSSR count). The maximum absolute atomic E-state index is 13.2. The van der Waals surface area contributed by atoms with Gasteiger partial charge in [0.1, 0.15) is 6.42 Å². The number of hydrogen-bond acceptors (Lipinski definition) is 6. The minimum atomic E-state index is -1.76. The van der Waals surface area contributed by atoms with Gasteiger partial charge in [-0.15, -0.1) is 0 Å². The van der Waals surface area contributed by atoms with Crippen LogP contribution in [0.25, 0.3) is 0 Å². The molecular formula is C12H11F2NO4S. The van der Waals surface area contributed by atoms with Gasteiger partial charge in [-0.1, -0.05) is 6.92 Å². The van der Waals surface area contributed by atoms with Crippen LogP contribution in [0.4, 0.5) is 14.5 Å². The molecule has 1 aliphatic heterocycles. The Kier molecular flexibility index (Phi) is 4.12. The van der Waals surface area contributed by atoms with E-state index in [1.807, 2.05) is 0 Å². The number of halogens is 2. The van der Waals surface area contributed by atoms with E-state index in [0.717, 1.165) is 23.9 Å². The lowest BCUT2D eigenvalue weighted by molar-refractivity contribution is -0.206. The number of benzene rings is 1. The Labute approximate surface area is 117 Å². The Hall–Kier alpha value is -1.83. The van der Waals surface area contributed by atoms with E-state index in [-0.39, 0.29) is 5.69 Å². The predicted molar refractivity (Wildman–Crippen MR) is 67.6 cm³/mol. The molecule has 0 saturated carbocycles. The maximum Gasteiger partial charge on any atom is 0.394 e. The monoisotopic (exact) mass is 303 g/mol. The standard InChI is InChI=1S/C12H11F2NO4S/c1-2-20-12(18-10(16)6-11(17)19-12)15-7-3-4-8(13)9(14)5-7/h3-5,15H,2,6H2,1H3. The summed E-state index contributed by atoms with van der Waals surface area (Å²) in [4.78, 5) is 22.7. The van der Waals surface area contributed by atoms with Crippen LogP contribution in [0.15, 0.2) is 18.2 Å². The number of esters is 2. The molecule has 0 aliphatic carbocycles. The zero-order chi connectivity index (χ0) is 14.8. The fourth-order valence-electron chi connectivity index (χ4n) is 1.60. The summed E-state index contributed by atoms with van der Waals surface area (Å²) in [5.41, 5.74) is 0.118. The number of hydrogen-bond donors (Lipinski definition) is 1. The molecule has 1 aliphatic rings. The fraction of sp³-hybridized carbons (Fsp3) is 0.333. The Morgan fingerprint density at radius 3 is 2.45 bits per heavy atom. The Morgan fingerprint density at radius 1 is 1.25 bits per heavy atom. The zero-order valence-electron chi connectivity index (χ0n) is 10.4. The lowest BCUT2D eigenvalue weighted by atomic mass is 10.3. The first-order chi connectivity index (χ1) is 9.44. The van der Waals surface area contributed by atoms with Gasteiger partial charge in [0.2, 0.25) is 0 Å². The van der Waals surface area contributed by atoms with Gasteiger partial charge in [0, 0.05) is 11.8 Å². The average Bonchev–Trinajstić information content (AvgIpc) is 2.32. The highest BCUT2D eigenvalue weighted by Crippen LogP contribution is 2.34. The summed E-state index contributed by atoms with van der Waals surface area (Å²) in [7, 11) is 0. The Morgan fingerprint density at radius 2 is 1.90 bits per heavy atom. The van der Waals surface area contributed by atoms with Crippen molar-refractivity contribution < 1.29 is 27.8 Å². The lowest BCUT2D eigenvalue weighted by Crippen LogP contribution is -2.48. The smallest absolute Gasteiger partial charge is 0.394 e. The molecule has 0 unspecified atom stereocenters. The van der Waals surface area contributed by atoms with E-state index < -0.39 is 35.2 Å². The average molecular weight is 303 g/mol. The van der Waals surface area contributed by atoms with E-state index >= 15 is 0 Å². The van der Waals surface area contributed by atoms with Crippen LogP contribution in [0.5, 0.6) is 0 Å². The Bertz CT molecular complexity index is 536. The number of carbonyl (C=O) groups is 2. The second-order valence-electron chi connectivity index (χ2n) is 3.87. The topological polar surface area (TPSA) is 64.6 Å². The van der Waals surface area contributed by atoms with Crippen LogP contribution >= 0.6 is 11.8 Å². The van der Waals surface area contributed by atoms with Crippen molar-refractivity contribution in [2.45, 2.75) is 18.6 Å². The van der Waals surface area contributed by atoms with Crippen LogP contribution in [0.2, 0.25) is 0 Å². The molecular weight excluding hydrogens is 292 g/mol. The molecule has 0 aromatic heterocycles. The number of rotatable bonds is 4. The number of cyclic esters (lactones) is 2. The summed E-state index contributed by atoms with van der Waals surface area (Å²) in [5.74, 6) is -3.13. The van der Waals surface area contributed by atoms with Crippen LogP contribution < -0.4 is 5.32 Å².